The number of hydrogen-bond donors (Lipinski definition) is 2. The second-order valence-corrected chi connectivity index (χ2v) is 9.74. The summed E-state index contributed by atoms with van der Waals surface area (Å²) in [7, 11) is 0. The summed E-state index contributed by atoms with van der Waals surface area (Å²) in [5.74, 6) is -1.88. The highest BCUT2D eigenvalue weighted by Crippen LogP contribution is 2.36. The molecule has 214 valence electrons. The van der Waals surface area contributed by atoms with Crippen LogP contribution in [0.25, 0.3) is 5.82 Å². The number of hydrogen-bond acceptors (Lipinski definition) is 7. The van der Waals surface area contributed by atoms with Crippen molar-refractivity contribution in [2.24, 2.45) is 0 Å². The number of carbonyl (C=O) groups is 1. The molecule has 9 nitrogen and oxygen atoms in total. The molecule has 1 amide bonds. The van der Waals surface area contributed by atoms with Crippen LogP contribution < -0.4 is 15.8 Å². The first-order valence-corrected chi connectivity index (χ1v) is 13.0. The molecule has 1 saturated heterocycles. The molecule has 0 saturated carbocycles. The van der Waals surface area contributed by atoms with Crippen LogP contribution in [0.4, 0.5) is 29.1 Å². The lowest BCUT2D eigenvalue weighted by atomic mass is 10.1. The molecule has 1 aromatic carbocycles. The first-order chi connectivity index (χ1) is 19.6. The molecule has 0 aliphatic carbocycles. The maximum absolute atomic E-state index is 15.1. The third kappa shape index (κ3) is 6.25. The number of piperidine rings is 1. The van der Waals surface area contributed by atoms with Gasteiger partial charge in [-0.05, 0) is 56.3 Å². The number of halogens is 5. The number of alkyl halides is 3. The zero-order chi connectivity index (χ0) is 29.1. The fourth-order valence-electron chi connectivity index (χ4n) is 4.55. The van der Waals surface area contributed by atoms with Crippen molar-refractivity contribution in [2.45, 2.75) is 32.0 Å². The Balaban J connectivity index is 1.36. The first-order valence-electron chi connectivity index (χ1n) is 12.6. The predicted octanol–water partition coefficient (Wildman–Crippen LogP) is 6.09. The molecule has 3 aromatic heterocycles. The summed E-state index contributed by atoms with van der Waals surface area (Å²) in [5, 5.41) is 5.87. The van der Waals surface area contributed by atoms with Gasteiger partial charge >= 0.3 is 6.18 Å². The Bertz CT molecular complexity index is 1570. The van der Waals surface area contributed by atoms with E-state index >= 15 is 4.39 Å². The van der Waals surface area contributed by atoms with Crippen molar-refractivity contribution < 1.29 is 27.1 Å². The lowest BCUT2D eigenvalue weighted by Crippen LogP contribution is -2.29. The number of carbonyl (C=O) groups excluding carboxylic acids is 1. The Morgan fingerprint density at radius 3 is 2.56 bits per heavy atom. The monoisotopic (exact) mass is 589 g/mol. The number of nitrogens with zero attached hydrogens (tertiary/aromatic N) is 5. The summed E-state index contributed by atoms with van der Waals surface area (Å²) >= 11 is 6.00. The summed E-state index contributed by atoms with van der Waals surface area (Å²) in [6.45, 7) is 2.30. The van der Waals surface area contributed by atoms with Crippen LogP contribution in [0.15, 0.2) is 55.0 Å². The number of aromatic nitrogens is 4. The molecule has 14 heteroatoms. The van der Waals surface area contributed by atoms with Gasteiger partial charge in [0.2, 0.25) is 0 Å². The van der Waals surface area contributed by atoms with Gasteiger partial charge in [-0.1, -0.05) is 18.0 Å². The third-order valence-corrected chi connectivity index (χ3v) is 6.80. The van der Waals surface area contributed by atoms with Gasteiger partial charge in [0.05, 0.1) is 22.3 Å². The molecule has 41 heavy (non-hydrogen) atoms. The number of nitrogens with one attached hydrogen (secondary N) is 1. The summed E-state index contributed by atoms with van der Waals surface area (Å²) in [6.07, 6.45) is 1.76. The quantitative estimate of drug-likeness (QED) is 0.251. The molecule has 0 radical (unpaired) electrons. The van der Waals surface area contributed by atoms with Crippen LogP contribution in [0.2, 0.25) is 5.02 Å². The Labute approximate surface area is 236 Å². The van der Waals surface area contributed by atoms with E-state index in [0.29, 0.717) is 22.5 Å². The van der Waals surface area contributed by atoms with Gasteiger partial charge in [0, 0.05) is 30.7 Å². The molecule has 0 unspecified atom stereocenters. The van der Waals surface area contributed by atoms with Crippen molar-refractivity contribution in [1.29, 1.82) is 0 Å². The van der Waals surface area contributed by atoms with Crippen molar-refractivity contribution in [3.8, 4) is 17.3 Å². The average molecular weight is 590 g/mol. The minimum absolute atomic E-state index is 0.0965. The molecule has 4 aromatic rings. The largest absolute Gasteiger partial charge is 0.454 e. The number of pyridine rings is 2. The number of nitrogens with two attached hydrogens (primary N) is 1. The molecule has 1 aliphatic heterocycles. The number of nitrogen functional groups attached to an aromatic ring is 1. The van der Waals surface area contributed by atoms with Crippen LogP contribution in [-0.4, -0.2) is 43.6 Å². The minimum atomic E-state index is -4.98. The fraction of sp³-hybridized carbons (Fsp3) is 0.259. The standard InChI is InChI=1S/C27H24ClF4N7O2/c28-19-5-4-9-35-25(19)39-23(27(30,31)32)17(14-36-39)26(40)37-16-6-7-22(20(29)13-16)41-21-8-10-34-24(33)18(21)15-38-11-2-1-3-12-38/h4-10,13-14H,1-3,11-12,15H2,(H2,33,34)(H,37,40). The van der Waals surface area contributed by atoms with E-state index in [1.807, 2.05) is 0 Å². The van der Waals surface area contributed by atoms with E-state index in [0.717, 1.165) is 44.6 Å². The third-order valence-electron chi connectivity index (χ3n) is 6.51. The molecule has 3 N–H and O–H groups in total. The Hall–Kier alpha value is -4.23. The van der Waals surface area contributed by atoms with Crippen molar-refractivity contribution in [3.63, 3.8) is 0 Å². The Morgan fingerprint density at radius 1 is 1.07 bits per heavy atom. The normalized spacial score (nSPS) is 14.2. The minimum Gasteiger partial charge on any atom is -0.454 e. The zero-order valence-electron chi connectivity index (χ0n) is 21.5. The van der Waals surface area contributed by atoms with Gasteiger partial charge < -0.3 is 15.8 Å². The van der Waals surface area contributed by atoms with Crippen LogP contribution in [0.3, 0.4) is 0 Å². The number of benzene rings is 1. The predicted molar refractivity (Wildman–Crippen MR) is 144 cm³/mol. The van der Waals surface area contributed by atoms with Gasteiger partial charge in [0.1, 0.15) is 11.6 Å². The molecule has 0 spiro atoms. The van der Waals surface area contributed by atoms with Gasteiger partial charge in [-0.25, -0.2) is 19.0 Å². The molecular formula is C27H24ClF4N7O2. The van der Waals surface area contributed by atoms with E-state index < -0.39 is 29.2 Å². The lowest BCUT2D eigenvalue weighted by Gasteiger charge is -2.27. The molecule has 1 fully saturated rings. The maximum Gasteiger partial charge on any atom is 0.434 e. The average Bonchev–Trinajstić information content (AvgIpc) is 3.39. The van der Waals surface area contributed by atoms with E-state index in [4.69, 9.17) is 22.1 Å². The second-order valence-electron chi connectivity index (χ2n) is 9.34. The van der Waals surface area contributed by atoms with Gasteiger partial charge in [-0.3, -0.25) is 9.69 Å². The van der Waals surface area contributed by atoms with Crippen LogP contribution in [0.1, 0.15) is 40.9 Å². The van der Waals surface area contributed by atoms with E-state index in [9.17, 15) is 18.0 Å². The Morgan fingerprint density at radius 2 is 1.85 bits per heavy atom. The maximum atomic E-state index is 15.1. The van der Waals surface area contributed by atoms with Crippen molar-refractivity contribution in [2.75, 3.05) is 24.1 Å². The topological polar surface area (TPSA) is 111 Å². The van der Waals surface area contributed by atoms with Crippen LogP contribution >= 0.6 is 11.6 Å². The second kappa shape index (κ2) is 11.7. The van der Waals surface area contributed by atoms with Crippen LogP contribution in [0, 0.1) is 5.82 Å². The summed E-state index contributed by atoms with van der Waals surface area (Å²) in [6, 6.07) is 7.86. The number of rotatable bonds is 7. The summed E-state index contributed by atoms with van der Waals surface area (Å²) < 4.78 is 63.3. The fourth-order valence-corrected chi connectivity index (χ4v) is 4.75. The first kappa shape index (κ1) is 28.3. The number of anilines is 2. The highest BCUT2D eigenvalue weighted by atomic mass is 35.5. The Kier molecular flexibility index (Phi) is 8.08. The van der Waals surface area contributed by atoms with Gasteiger partial charge in [0.15, 0.2) is 23.1 Å². The molecule has 4 heterocycles. The molecule has 1 aliphatic rings. The lowest BCUT2D eigenvalue weighted by molar-refractivity contribution is -0.143. The SMILES string of the molecule is Nc1nccc(Oc2ccc(NC(=O)c3cnn(-c4ncccc4Cl)c3C(F)(F)F)cc2F)c1CN1CCCCC1. The van der Waals surface area contributed by atoms with E-state index in [1.54, 1.807) is 6.07 Å². The highest BCUT2D eigenvalue weighted by Gasteiger charge is 2.41. The number of likely N-dealkylation sites (tertiary alicyclic amines) is 1. The van der Waals surface area contributed by atoms with Gasteiger partial charge in [-0.15, -0.1) is 0 Å². The van der Waals surface area contributed by atoms with Gasteiger partial charge in [-0.2, -0.15) is 18.3 Å². The van der Waals surface area contributed by atoms with E-state index in [2.05, 4.69) is 25.3 Å². The van der Waals surface area contributed by atoms with Crippen LogP contribution in [0.5, 0.6) is 11.5 Å². The number of ether oxygens (including phenoxy) is 1. The highest BCUT2D eigenvalue weighted by molar-refractivity contribution is 6.32. The van der Waals surface area contributed by atoms with Crippen molar-refractivity contribution in [3.05, 3.63) is 82.6 Å². The summed E-state index contributed by atoms with van der Waals surface area (Å²) in [4.78, 5) is 23.1. The van der Waals surface area contributed by atoms with Crippen molar-refractivity contribution in [1.82, 2.24) is 24.6 Å². The molecular weight excluding hydrogens is 566 g/mol. The van der Waals surface area contributed by atoms with E-state index in [1.165, 1.54) is 36.7 Å². The zero-order valence-corrected chi connectivity index (χ0v) is 22.2. The van der Waals surface area contributed by atoms with Crippen LogP contribution in [-0.2, 0) is 12.7 Å². The summed E-state index contributed by atoms with van der Waals surface area (Å²) in [5.41, 5.74) is 4.44. The van der Waals surface area contributed by atoms with E-state index in [-0.39, 0.29) is 28.1 Å². The molecule has 0 bridgehead atoms. The molecule has 5 rings (SSSR count). The van der Waals surface area contributed by atoms with Crippen molar-refractivity contribution >= 4 is 29.0 Å². The number of amides is 1. The molecule has 0 atom stereocenters. The smallest absolute Gasteiger partial charge is 0.434 e. The van der Waals surface area contributed by atoms with Gasteiger partial charge in [0.25, 0.3) is 5.91 Å².